The molecule has 1 aromatic carbocycles. The van der Waals surface area contributed by atoms with Gasteiger partial charge in [-0.2, -0.15) is 0 Å². The number of anilines is 1. The van der Waals surface area contributed by atoms with Gasteiger partial charge >= 0.3 is 5.97 Å². The van der Waals surface area contributed by atoms with E-state index in [1.807, 2.05) is 24.3 Å². The fourth-order valence-electron chi connectivity index (χ4n) is 7.78. The van der Waals surface area contributed by atoms with E-state index in [0.29, 0.717) is 27.1 Å². The van der Waals surface area contributed by atoms with Gasteiger partial charge in [0.1, 0.15) is 28.7 Å². The lowest BCUT2D eigenvalue weighted by Gasteiger charge is -2.47. The van der Waals surface area contributed by atoms with Crippen LogP contribution in [0.2, 0.25) is 0 Å². The quantitative estimate of drug-likeness (QED) is 0.285. The number of benzene rings is 1. The number of amides is 1. The van der Waals surface area contributed by atoms with Crippen molar-refractivity contribution in [3.05, 3.63) is 53.4 Å². The summed E-state index contributed by atoms with van der Waals surface area (Å²) in [5.41, 5.74) is -0.254. The van der Waals surface area contributed by atoms with Crippen LogP contribution in [0, 0.1) is 17.8 Å². The highest BCUT2D eigenvalue weighted by Crippen LogP contribution is 2.63. The number of oxazole rings is 1. The highest BCUT2D eigenvalue weighted by molar-refractivity contribution is 7.20. The molecule has 4 unspecified atom stereocenters. The molecule has 242 valence electrons. The Morgan fingerprint density at radius 3 is 2.44 bits per heavy atom. The molecular formula is C33H41N3O8S. The second-order valence-electron chi connectivity index (χ2n) is 13.7. The number of nitrogens with zero attached hydrogens (tertiary/aromatic N) is 3. The van der Waals surface area contributed by atoms with Gasteiger partial charge in [-0.25, -0.2) is 9.78 Å². The molecule has 2 fully saturated rings. The number of aliphatic carboxylic acids is 1. The maximum absolute atomic E-state index is 14.0. The van der Waals surface area contributed by atoms with Gasteiger partial charge in [-0.15, -0.1) is 11.3 Å². The molecule has 3 heterocycles. The van der Waals surface area contributed by atoms with E-state index in [1.54, 1.807) is 18.9 Å². The van der Waals surface area contributed by atoms with Crippen molar-refractivity contribution in [1.82, 2.24) is 9.88 Å². The smallest absolute Gasteiger partial charge is 0.329 e. The molecule has 6 atom stereocenters. The van der Waals surface area contributed by atoms with Gasteiger partial charge in [0.15, 0.2) is 0 Å². The molecule has 6 rings (SSSR count). The number of ether oxygens (including phenoxy) is 2. The maximum Gasteiger partial charge on any atom is 0.329 e. The highest BCUT2D eigenvalue weighted by atomic mass is 32.1. The standard InChI is InChI=1S/C33H41N3O8S/c1-18-24-27(38)36(31(2,3)29(39)40)30(41)35(28(24)45-25(18)26-34-11-12-43-26)17-23(21-9-7-8-10-22(21)42-6)44-20-15-32(4)13-19(37)14-33(32,5)16-20/h7-12,19-20,23,30,37,41H,13-17H2,1-6H3,(H,39,40)/t19?,20?,23?,30?,32-,33+. The van der Waals surface area contributed by atoms with Crippen LogP contribution in [0.3, 0.4) is 0 Å². The zero-order chi connectivity index (χ0) is 32.5. The number of carboxylic acids is 1. The topological polar surface area (TPSA) is 146 Å². The van der Waals surface area contributed by atoms with E-state index in [2.05, 4.69) is 18.8 Å². The predicted octanol–water partition coefficient (Wildman–Crippen LogP) is 5.21. The predicted molar refractivity (Wildman–Crippen MR) is 167 cm³/mol. The molecule has 3 aliphatic rings. The van der Waals surface area contributed by atoms with E-state index in [4.69, 9.17) is 13.9 Å². The van der Waals surface area contributed by atoms with Gasteiger partial charge in [-0.05, 0) is 68.9 Å². The van der Waals surface area contributed by atoms with Gasteiger partial charge in [-0.1, -0.05) is 32.0 Å². The lowest BCUT2D eigenvalue weighted by atomic mass is 9.71. The summed E-state index contributed by atoms with van der Waals surface area (Å²) in [5, 5.41) is 33.0. The number of carbonyl (C=O) groups excluding carboxylic acids is 1. The van der Waals surface area contributed by atoms with Crippen LogP contribution in [0.25, 0.3) is 10.8 Å². The zero-order valence-corrected chi connectivity index (χ0v) is 27.3. The van der Waals surface area contributed by atoms with Crippen LogP contribution in [0.5, 0.6) is 5.75 Å². The molecule has 1 aliphatic heterocycles. The van der Waals surface area contributed by atoms with Crippen LogP contribution in [-0.4, -0.2) is 74.8 Å². The fraction of sp³-hybridized carbons (Fsp3) is 0.545. The first-order valence-electron chi connectivity index (χ1n) is 15.2. The van der Waals surface area contributed by atoms with Crippen LogP contribution in [0.15, 0.2) is 41.1 Å². The Kier molecular flexibility index (Phi) is 7.79. The lowest BCUT2D eigenvalue weighted by Crippen LogP contribution is -2.65. The van der Waals surface area contributed by atoms with Gasteiger partial charge in [0, 0.05) is 5.56 Å². The molecular weight excluding hydrogens is 598 g/mol. The summed E-state index contributed by atoms with van der Waals surface area (Å²) >= 11 is 1.26. The van der Waals surface area contributed by atoms with Gasteiger partial charge < -0.3 is 34.1 Å². The molecule has 0 bridgehead atoms. The average Bonchev–Trinajstić information content (AvgIpc) is 3.70. The molecule has 2 saturated carbocycles. The van der Waals surface area contributed by atoms with Crippen molar-refractivity contribution in [1.29, 1.82) is 0 Å². The molecule has 11 nitrogen and oxygen atoms in total. The molecule has 2 aliphatic carbocycles. The van der Waals surface area contributed by atoms with Gasteiger partial charge in [0.05, 0.1) is 42.5 Å². The number of para-hydroxylation sites is 1. The molecule has 45 heavy (non-hydrogen) atoms. The van der Waals surface area contributed by atoms with Gasteiger partial charge in [0.2, 0.25) is 12.2 Å². The van der Waals surface area contributed by atoms with Crippen molar-refractivity contribution in [3.63, 3.8) is 0 Å². The lowest BCUT2D eigenvalue weighted by molar-refractivity contribution is -0.154. The van der Waals surface area contributed by atoms with E-state index in [9.17, 15) is 24.9 Å². The number of aromatic nitrogens is 1. The summed E-state index contributed by atoms with van der Waals surface area (Å²) in [6.45, 7) is 9.11. The molecule has 0 spiro atoms. The first-order chi connectivity index (χ1) is 21.2. The molecule has 2 aromatic heterocycles. The summed E-state index contributed by atoms with van der Waals surface area (Å²) in [6.07, 6.45) is 3.24. The first kappa shape index (κ1) is 31.5. The Morgan fingerprint density at radius 2 is 1.84 bits per heavy atom. The third-order valence-corrected chi connectivity index (χ3v) is 11.8. The molecule has 1 amide bonds. The van der Waals surface area contributed by atoms with Crippen molar-refractivity contribution in [2.24, 2.45) is 10.8 Å². The normalized spacial score (nSPS) is 28.7. The Morgan fingerprint density at radius 1 is 1.18 bits per heavy atom. The fourth-order valence-corrected chi connectivity index (χ4v) is 9.05. The largest absolute Gasteiger partial charge is 0.496 e. The van der Waals surface area contributed by atoms with Crippen molar-refractivity contribution in [3.8, 4) is 16.5 Å². The number of rotatable bonds is 9. The number of methoxy groups -OCH3 is 1. The zero-order valence-electron chi connectivity index (χ0n) is 26.4. The summed E-state index contributed by atoms with van der Waals surface area (Å²) in [7, 11) is 1.59. The number of fused-ring (bicyclic) bond motifs is 2. The number of thiophene rings is 1. The van der Waals surface area contributed by atoms with E-state index < -0.39 is 29.9 Å². The molecule has 3 aromatic rings. The number of hydrogen-bond acceptors (Lipinski definition) is 10. The van der Waals surface area contributed by atoms with Crippen LogP contribution in [0.4, 0.5) is 5.00 Å². The van der Waals surface area contributed by atoms with Crippen LogP contribution < -0.4 is 9.64 Å². The number of aliphatic hydroxyl groups excluding tert-OH is 2. The minimum atomic E-state index is -1.74. The third-order valence-electron chi connectivity index (χ3n) is 10.5. The third kappa shape index (κ3) is 5.02. The summed E-state index contributed by atoms with van der Waals surface area (Å²) in [6, 6.07) is 7.54. The first-order valence-corrected chi connectivity index (χ1v) is 16.0. The number of aliphatic hydroxyl groups is 2. The van der Waals surface area contributed by atoms with E-state index in [1.165, 1.54) is 37.6 Å². The second-order valence-corrected chi connectivity index (χ2v) is 14.7. The Labute approximate surface area is 266 Å². The Bertz CT molecular complexity index is 1580. The summed E-state index contributed by atoms with van der Waals surface area (Å²) < 4.78 is 18.3. The molecule has 0 radical (unpaired) electrons. The van der Waals surface area contributed by atoms with Crippen LogP contribution >= 0.6 is 11.3 Å². The van der Waals surface area contributed by atoms with E-state index in [0.717, 1.165) is 36.1 Å². The molecule has 3 N–H and O–H groups in total. The van der Waals surface area contributed by atoms with Crippen LogP contribution in [0.1, 0.15) is 81.0 Å². The number of carboxylic acid groups (broad SMARTS) is 1. The van der Waals surface area contributed by atoms with Crippen LogP contribution in [-0.2, 0) is 9.53 Å². The van der Waals surface area contributed by atoms with E-state index >= 15 is 0 Å². The van der Waals surface area contributed by atoms with Gasteiger partial charge in [-0.3, -0.25) is 9.69 Å². The Balaban J connectivity index is 1.44. The van der Waals surface area contributed by atoms with Gasteiger partial charge in [0.25, 0.3) is 5.91 Å². The van der Waals surface area contributed by atoms with E-state index in [-0.39, 0.29) is 35.1 Å². The van der Waals surface area contributed by atoms with Crippen molar-refractivity contribution >= 4 is 28.2 Å². The Hall–Kier alpha value is -3.45. The monoisotopic (exact) mass is 639 g/mol. The SMILES string of the molecule is COc1ccccc1C(CN1c2sc(-c3ncco3)c(C)c2C(=O)N(C(C)(C)C(=O)O)C1O)OC1C[C@]2(C)CC(O)C[C@]2(C)C1. The summed E-state index contributed by atoms with van der Waals surface area (Å²) in [5.74, 6) is -0.901. The highest BCUT2D eigenvalue weighted by Gasteiger charge is 2.59. The maximum atomic E-state index is 14.0. The summed E-state index contributed by atoms with van der Waals surface area (Å²) in [4.78, 5) is 34.0. The number of carbonyl (C=O) groups is 2. The van der Waals surface area contributed by atoms with Crippen molar-refractivity contribution in [2.75, 3.05) is 18.6 Å². The second kappa shape index (κ2) is 11.1. The molecule has 12 heteroatoms. The van der Waals surface area contributed by atoms with Crippen molar-refractivity contribution < 1.29 is 38.8 Å². The minimum absolute atomic E-state index is 0.0786. The number of hydrogen-bond donors (Lipinski definition) is 3. The average molecular weight is 640 g/mol. The van der Waals surface area contributed by atoms with Crippen molar-refractivity contribution in [2.45, 2.75) is 90.5 Å². The minimum Gasteiger partial charge on any atom is -0.496 e. The molecule has 0 saturated heterocycles.